The van der Waals surface area contributed by atoms with Gasteiger partial charge in [-0.1, -0.05) is 39.3 Å². The van der Waals surface area contributed by atoms with Crippen molar-refractivity contribution in [2.75, 3.05) is 26.2 Å². The van der Waals surface area contributed by atoms with E-state index in [0.29, 0.717) is 17.6 Å². The number of halogens is 2. The lowest BCUT2D eigenvalue weighted by atomic mass is 9.92. The smallest absolute Gasteiger partial charge is 0.160 e. The van der Waals surface area contributed by atoms with Gasteiger partial charge in [0.15, 0.2) is 5.82 Å². The molecule has 1 fully saturated rings. The third-order valence-electron chi connectivity index (χ3n) is 3.42. The molecule has 112 valence electrons. The number of aromatic nitrogens is 2. The van der Waals surface area contributed by atoms with Crippen molar-refractivity contribution in [1.29, 1.82) is 0 Å². The number of hydrogen-bond acceptors (Lipinski definition) is 4. The average molecular weight is 363 g/mol. The summed E-state index contributed by atoms with van der Waals surface area (Å²) in [5, 5.41) is 0.456. The van der Waals surface area contributed by atoms with Crippen LogP contribution in [-0.4, -0.2) is 41.1 Å². The molecule has 0 saturated carbocycles. The topological polar surface area (TPSA) is 38.2 Å². The van der Waals surface area contributed by atoms with E-state index >= 15 is 0 Å². The minimum absolute atomic E-state index is 0.0979. The Morgan fingerprint density at radius 2 is 2.10 bits per heavy atom. The highest BCUT2D eigenvalue weighted by Crippen LogP contribution is 2.34. The molecule has 0 bridgehead atoms. The second-order valence-electron chi connectivity index (χ2n) is 6.04. The van der Waals surface area contributed by atoms with Crippen LogP contribution in [0.15, 0.2) is 4.47 Å². The summed E-state index contributed by atoms with van der Waals surface area (Å²) in [6.45, 7) is 12.0. The highest BCUT2D eigenvalue weighted by atomic mass is 79.9. The quantitative estimate of drug-likeness (QED) is 0.754. The van der Waals surface area contributed by atoms with Crippen molar-refractivity contribution in [3.05, 3.63) is 21.1 Å². The van der Waals surface area contributed by atoms with E-state index < -0.39 is 0 Å². The molecule has 0 spiro atoms. The SMILES string of the molecule is CCN1CCOC(c2nc(Cl)c(Br)c(C(C)(C)C)n2)C1. The summed E-state index contributed by atoms with van der Waals surface area (Å²) in [5.74, 6) is 0.682. The first-order valence-corrected chi connectivity index (χ1v) is 8.07. The average Bonchev–Trinajstić information content (AvgIpc) is 2.40. The van der Waals surface area contributed by atoms with Crippen LogP contribution in [-0.2, 0) is 10.2 Å². The molecule has 0 aromatic carbocycles. The molecule has 2 rings (SSSR count). The highest BCUT2D eigenvalue weighted by Gasteiger charge is 2.28. The number of rotatable bonds is 2. The fourth-order valence-corrected chi connectivity index (χ4v) is 3.17. The predicted octanol–water partition coefficient (Wildman–Crippen LogP) is 3.58. The van der Waals surface area contributed by atoms with Crippen molar-refractivity contribution < 1.29 is 4.74 Å². The fraction of sp³-hybridized carbons (Fsp3) is 0.714. The van der Waals surface area contributed by atoms with E-state index in [1.165, 1.54) is 0 Å². The van der Waals surface area contributed by atoms with Gasteiger partial charge < -0.3 is 4.74 Å². The minimum Gasteiger partial charge on any atom is -0.368 e. The van der Waals surface area contributed by atoms with E-state index in [1.807, 2.05) is 0 Å². The van der Waals surface area contributed by atoms with Gasteiger partial charge in [-0.2, -0.15) is 0 Å². The van der Waals surface area contributed by atoms with Crippen LogP contribution in [0.5, 0.6) is 0 Å². The fourth-order valence-electron chi connectivity index (χ4n) is 2.22. The lowest BCUT2D eigenvalue weighted by molar-refractivity contribution is -0.0327. The van der Waals surface area contributed by atoms with Gasteiger partial charge in [-0.3, -0.25) is 4.90 Å². The first-order chi connectivity index (χ1) is 9.32. The standard InChI is InChI=1S/C14H21BrClN3O/c1-5-19-6-7-20-9(8-19)13-17-11(14(2,3)4)10(15)12(16)18-13/h9H,5-8H2,1-4H3. The molecule has 1 aliphatic heterocycles. The largest absolute Gasteiger partial charge is 0.368 e. The summed E-state index contributed by atoms with van der Waals surface area (Å²) in [6, 6.07) is 0. The van der Waals surface area contributed by atoms with Crippen LogP contribution in [0.4, 0.5) is 0 Å². The molecule has 1 aromatic rings. The van der Waals surface area contributed by atoms with Crippen molar-refractivity contribution >= 4 is 27.5 Å². The molecular formula is C14H21BrClN3O. The number of nitrogens with zero attached hydrogens (tertiary/aromatic N) is 3. The third kappa shape index (κ3) is 3.50. The Morgan fingerprint density at radius 1 is 1.40 bits per heavy atom. The molecule has 1 atom stereocenters. The van der Waals surface area contributed by atoms with Crippen molar-refractivity contribution in [3.8, 4) is 0 Å². The number of ether oxygens (including phenoxy) is 1. The molecule has 4 nitrogen and oxygen atoms in total. The predicted molar refractivity (Wildman–Crippen MR) is 84.2 cm³/mol. The van der Waals surface area contributed by atoms with Crippen LogP contribution in [0.25, 0.3) is 0 Å². The molecule has 1 unspecified atom stereocenters. The maximum absolute atomic E-state index is 6.25. The van der Waals surface area contributed by atoms with Crippen LogP contribution < -0.4 is 0 Å². The van der Waals surface area contributed by atoms with Gasteiger partial charge in [-0.25, -0.2) is 9.97 Å². The van der Waals surface area contributed by atoms with E-state index in [1.54, 1.807) is 0 Å². The summed E-state index contributed by atoms with van der Waals surface area (Å²) < 4.78 is 6.59. The zero-order valence-electron chi connectivity index (χ0n) is 12.4. The highest BCUT2D eigenvalue weighted by molar-refractivity contribution is 9.10. The van der Waals surface area contributed by atoms with Gasteiger partial charge in [0.2, 0.25) is 0 Å². The molecule has 6 heteroatoms. The number of morpholine rings is 1. The lowest BCUT2D eigenvalue weighted by Crippen LogP contribution is -2.38. The molecule has 0 radical (unpaired) electrons. The molecule has 0 N–H and O–H groups in total. The zero-order valence-corrected chi connectivity index (χ0v) is 14.8. The molecule has 1 saturated heterocycles. The number of hydrogen-bond donors (Lipinski definition) is 0. The second-order valence-corrected chi connectivity index (χ2v) is 7.19. The number of likely N-dealkylation sites (N-methyl/N-ethyl adjacent to an activating group) is 1. The van der Waals surface area contributed by atoms with Crippen LogP contribution in [0.2, 0.25) is 5.15 Å². The first-order valence-electron chi connectivity index (χ1n) is 6.90. The van der Waals surface area contributed by atoms with Gasteiger partial charge in [-0.15, -0.1) is 0 Å². The van der Waals surface area contributed by atoms with E-state index in [-0.39, 0.29) is 11.5 Å². The van der Waals surface area contributed by atoms with Crippen LogP contribution in [0.3, 0.4) is 0 Å². The Hall–Kier alpha value is -0.230. The van der Waals surface area contributed by atoms with E-state index in [9.17, 15) is 0 Å². The summed E-state index contributed by atoms with van der Waals surface area (Å²) in [5.41, 5.74) is 0.823. The minimum atomic E-state index is -0.101. The molecule has 20 heavy (non-hydrogen) atoms. The maximum atomic E-state index is 6.25. The van der Waals surface area contributed by atoms with Gasteiger partial charge in [0.05, 0.1) is 16.8 Å². The summed E-state index contributed by atoms with van der Waals surface area (Å²) in [7, 11) is 0. The molecule has 0 aliphatic carbocycles. The Balaban J connectivity index is 2.35. The van der Waals surface area contributed by atoms with Crippen molar-refractivity contribution in [1.82, 2.24) is 14.9 Å². The Morgan fingerprint density at radius 3 is 2.70 bits per heavy atom. The van der Waals surface area contributed by atoms with Gasteiger partial charge in [0.1, 0.15) is 11.3 Å². The molecule has 0 amide bonds. The molecule has 1 aliphatic rings. The second kappa shape index (κ2) is 6.26. The molecule has 1 aromatic heterocycles. The Kier molecular flexibility index (Phi) is 5.05. The molecular weight excluding hydrogens is 342 g/mol. The van der Waals surface area contributed by atoms with Crippen molar-refractivity contribution in [2.24, 2.45) is 0 Å². The van der Waals surface area contributed by atoms with Gasteiger partial charge >= 0.3 is 0 Å². The van der Waals surface area contributed by atoms with Gasteiger partial charge in [0.25, 0.3) is 0 Å². The van der Waals surface area contributed by atoms with Crippen LogP contribution in [0, 0.1) is 0 Å². The normalized spacial score (nSPS) is 21.2. The van der Waals surface area contributed by atoms with E-state index in [0.717, 1.165) is 29.8 Å². The van der Waals surface area contributed by atoms with Crippen molar-refractivity contribution in [3.63, 3.8) is 0 Å². The van der Waals surface area contributed by atoms with Crippen LogP contribution >= 0.6 is 27.5 Å². The Bertz CT molecular complexity index is 490. The monoisotopic (exact) mass is 361 g/mol. The summed E-state index contributed by atoms with van der Waals surface area (Å²) in [6.07, 6.45) is -0.101. The molecule has 2 heterocycles. The summed E-state index contributed by atoms with van der Waals surface area (Å²) >= 11 is 9.74. The summed E-state index contributed by atoms with van der Waals surface area (Å²) in [4.78, 5) is 11.4. The van der Waals surface area contributed by atoms with Crippen molar-refractivity contribution in [2.45, 2.75) is 39.2 Å². The first kappa shape index (κ1) is 16.1. The lowest BCUT2D eigenvalue weighted by Gasteiger charge is -2.32. The Labute approximate surface area is 134 Å². The van der Waals surface area contributed by atoms with Crippen LogP contribution in [0.1, 0.15) is 45.3 Å². The maximum Gasteiger partial charge on any atom is 0.160 e. The third-order valence-corrected chi connectivity index (χ3v) is 4.68. The van der Waals surface area contributed by atoms with Gasteiger partial charge in [-0.05, 0) is 22.5 Å². The van der Waals surface area contributed by atoms with E-state index in [4.69, 9.17) is 21.3 Å². The van der Waals surface area contributed by atoms with E-state index in [2.05, 4.69) is 53.5 Å². The zero-order chi connectivity index (χ0) is 14.9. The van der Waals surface area contributed by atoms with Gasteiger partial charge in [0, 0.05) is 18.5 Å².